The Morgan fingerprint density at radius 3 is 1.88 bits per heavy atom. The average molecular weight is 696 g/mol. The van der Waals surface area contributed by atoms with Gasteiger partial charge in [0.25, 0.3) is 0 Å². The van der Waals surface area contributed by atoms with E-state index in [0.717, 1.165) is 30.7 Å². The Morgan fingerprint density at radius 2 is 1.27 bits per heavy atom. The van der Waals surface area contributed by atoms with Crippen LogP contribution < -0.4 is 4.90 Å². The van der Waals surface area contributed by atoms with E-state index in [4.69, 9.17) is 11.6 Å². The highest BCUT2D eigenvalue weighted by atomic mass is 35.5. The minimum absolute atomic E-state index is 0.299. The molecule has 256 valence electrons. The summed E-state index contributed by atoms with van der Waals surface area (Å²) in [7, 11) is 4.43. The molecule has 6 aromatic carbocycles. The minimum atomic E-state index is -0.338. The Labute approximate surface area is 313 Å². The second kappa shape index (κ2) is 13.9. The predicted molar refractivity (Wildman–Crippen MR) is 220 cm³/mol. The molecule has 2 heterocycles. The second-order valence-corrected chi connectivity index (χ2v) is 14.8. The molecule has 0 aliphatic carbocycles. The van der Waals surface area contributed by atoms with Crippen LogP contribution in [0.15, 0.2) is 182 Å². The maximum atomic E-state index is 6.80. The molecule has 52 heavy (non-hydrogen) atoms. The van der Waals surface area contributed by atoms with Crippen LogP contribution in [0.2, 0.25) is 5.02 Å². The van der Waals surface area contributed by atoms with Crippen LogP contribution in [0.5, 0.6) is 0 Å². The van der Waals surface area contributed by atoms with Crippen LogP contribution in [0.3, 0.4) is 0 Å². The van der Waals surface area contributed by atoms with Gasteiger partial charge in [-0.05, 0) is 83.0 Å². The van der Waals surface area contributed by atoms with E-state index in [1.54, 1.807) is 0 Å². The first-order chi connectivity index (χ1) is 25.4. The molecular formula is C49H44ClN2+. The van der Waals surface area contributed by atoms with Crippen LogP contribution >= 0.6 is 11.6 Å². The number of allylic oxidation sites excluding steroid dienone is 5. The lowest BCUT2D eigenvalue weighted by molar-refractivity contribution is -0.401. The number of halogens is 1. The van der Waals surface area contributed by atoms with Crippen molar-refractivity contribution in [1.29, 1.82) is 0 Å². The summed E-state index contributed by atoms with van der Waals surface area (Å²) in [4.78, 5) is 2.41. The van der Waals surface area contributed by atoms with Crippen LogP contribution in [0, 0.1) is 0 Å². The fourth-order valence-corrected chi connectivity index (χ4v) is 9.31. The van der Waals surface area contributed by atoms with Gasteiger partial charge in [-0.15, -0.1) is 6.58 Å². The van der Waals surface area contributed by atoms with E-state index >= 15 is 0 Å². The van der Waals surface area contributed by atoms with Gasteiger partial charge >= 0.3 is 0 Å². The SMILES string of the molecule is C=CCC1(Cc2ccccc2)/C(=C\C=C\C2=[N+](C)c3ccc(Cl)cc3C2(Cc2ccccc2)Cc2ccccc2)N(C)c2ccc3ccccc3c21. The molecule has 0 amide bonds. The van der Waals surface area contributed by atoms with Crippen molar-refractivity contribution in [3.63, 3.8) is 0 Å². The molecular weight excluding hydrogens is 652 g/mol. The summed E-state index contributed by atoms with van der Waals surface area (Å²) in [6.45, 7) is 4.32. The zero-order valence-corrected chi connectivity index (χ0v) is 30.7. The van der Waals surface area contributed by atoms with E-state index in [-0.39, 0.29) is 10.8 Å². The molecule has 3 heteroatoms. The van der Waals surface area contributed by atoms with E-state index in [1.165, 1.54) is 61.4 Å². The lowest BCUT2D eigenvalue weighted by Gasteiger charge is -2.33. The summed E-state index contributed by atoms with van der Waals surface area (Å²) in [6.07, 6.45) is 12.5. The highest BCUT2D eigenvalue weighted by Gasteiger charge is 2.51. The summed E-state index contributed by atoms with van der Waals surface area (Å²) >= 11 is 6.80. The zero-order chi connectivity index (χ0) is 35.7. The van der Waals surface area contributed by atoms with Gasteiger partial charge in [0.05, 0.1) is 5.41 Å². The maximum absolute atomic E-state index is 6.80. The molecule has 8 rings (SSSR count). The third-order valence-electron chi connectivity index (χ3n) is 11.3. The number of rotatable bonds is 10. The van der Waals surface area contributed by atoms with Gasteiger partial charge in [-0.2, -0.15) is 4.58 Å². The maximum Gasteiger partial charge on any atom is 0.209 e. The Kier molecular flexibility index (Phi) is 9.03. The molecule has 6 aromatic rings. The summed E-state index contributed by atoms with van der Waals surface area (Å²) in [5.41, 5.74) is 10.9. The van der Waals surface area contributed by atoms with Crippen molar-refractivity contribution >= 4 is 39.5 Å². The lowest BCUT2D eigenvalue weighted by atomic mass is 9.69. The van der Waals surface area contributed by atoms with Gasteiger partial charge < -0.3 is 4.90 Å². The monoisotopic (exact) mass is 695 g/mol. The Bertz CT molecular complexity index is 2310. The molecule has 0 aromatic heterocycles. The third-order valence-corrected chi connectivity index (χ3v) is 11.6. The number of nitrogens with zero attached hydrogens (tertiary/aromatic N) is 2. The van der Waals surface area contributed by atoms with Gasteiger partial charge in [0.1, 0.15) is 7.05 Å². The molecule has 0 saturated heterocycles. The Balaban J connectivity index is 1.31. The highest BCUT2D eigenvalue weighted by molar-refractivity contribution is 6.30. The van der Waals surface area contributed by atoms with Crippen LogP contribution in [-0.4, -0.2) is 24.4 Å². The molecule has 2 nitrogen and oxygen atoms in total. The topological polar surface area (TPSA) is 6.25 Å². The van der Waals surface area contributed by atoms with Crippen LogP contribution in [0.25, 0.3) is 10.8 Å². The van der Waals surface area contributed by atoms with Crippen molar-refractivity contribution in [3.8, 4) is 0 Å². The number of hydrogen-bond acceptors (Lipinski definition) is 1. The number of fused-ring (bicyclic) bond motifs is 4. The van der Waals surface area contributed by atoms with Crippen molar-refractivity contribution in [3.05, 3.63) is 215 Å². The van der Waals surface area contributed by atoms with Crippen LogP contribution in [0.4, 0.5) is 11.4 Å². The molecule has 0 spiro atoms. The third kappa shape index (κ3) is 5.82. The minimum Gasteiger partial charge on any atom is -0.347 e. The van der Waals surface area contributed by atoms with Crippen molar-refractivity contribution < 1.29 is 4.58 Å². The molecule has 1 atom stereocenters. The molecule has 0 bridgehead atoms. The van der Waals surface area contributed by atoms with E-state index in [0.29, 0.717) is 0 Å². The Hall–Kier alpha value is -5.44. The van der Waals surface area contributed by atoms with Gasteiger partial charge in [-0.25, -0.2) is 0 Å². The fourth-order valence-electron chi connectivity index (χ4n) is 9.14. The van der Waals surface area contributed by atoms with Gasteiger partial charge in [-0.1, -0.05) is 145 Å². The van der Waals surface area contributed by atoms with Crippen molar-refractivity contribution in [1.82, 2.24) is 0 Å². The number of hydrogen-bond donors (Lipinski definition) is 0. The fraction of sp³-hybridized carbons (Fsp3) is 0.163. The van der Waals surface area contributed by atoms with E-state index in [9.17, 15) is 0 Å². The summed E-state index contributed by atoms with van der Waals surface area (Å²) < 4.78 is 2.38. The summed E-state index contributed by atoms with van der Waals surface area (Å²) in [5, 5.41) is 3.33. The average Bonchev–Trinajstić information content (AvgIpc) is 3.52. The first-order valence-electron chi connectivity index (χ1n) is 18.2. The second-order valence-electron chi connectivity index (χ2n) is 14.4. The quantitative estimate of drug-likeness (QED) is 0.102. The molecule has 0 radical (unpaired) electrons. The first-order valence-corrected chi connectivity index (χ1v) is 18.6. The van der Waals surface area contributed by atoms with E-state index in [2.05, 4.69) is 194 Å². The van der Waals surface area contributed by atoms with Gasteiger partial charge in [0, 0.05) is 46.6 Å². The van der Waals surface area contributed by atoms with Crippen molar-refractivity contribution in [2.24, 2.45) is 0 Å². The first kappa shape index (κ1) is 33.7. The molecule has 1 unspecified atom stereocenters. The lowest BCUT2D eigenvalue weighted by Crippen LogP contribution is -2.39. The Morgan fingerprint density at radius 1 is 0.692 bits per heavy atom. The molecule has 2 aliphatic heterocycles. The molecule has 0 N–H and O–H groups in total. The van der Waals surface area contributed by atoms with Crippen LogP contribution in [-0.2, 0) is 30.1 Å². The van der Waals surface area contributed by atoms with Gasteiger partial charge in [0.15, 0.2) is 5.71 Å². The summed E-state index contributed by atoms with van der Waals surface area (Å²) in [6, 6.07) is 52.5. The molecule has 0 fully saturated rings. The molecule has 2 aliphatic rings. The van der Waals surface area contributed by atoms with E-state index in [1.807, 2.05) is 6.07 Å². The predicted octanol–water partition coefficient (Wildman–Crippen LogP) is 11.6. The standard InChI is InChI=1S/C49H44ClN2/c1-4-31-48(33-36-17-8-5-9-18-36)45(52(3)44-29-27-39-23-14-15-24-41(39)47(44)48)25-16-26-46-49(34-37-19-10-6-11-20-37,35-38-21-12-7-13-22-38)42-32-40(50)28-30-43(42)51(46)2/h4-30,32H,1,31,33-35H2,2-3H3/q+1. The number of likely N-dealkylation sites (N-methyl/N-ethyl adjacent to an activating group) is 1. The van der Waals surface area contributed by atoms with Crippen molar-refractivity contribution in [2.45, 2.75) is 36.5 Å². The molecule has 0 saturated carbocycles. The number of anilines is 1. The number of benzene rings is 6. The summed E-state index contributed by atoms with van der Waals surface area (Å²) in [5.74, 6) is 0. The van der Waals surface area contributed by atoms with Crippen molar-refractivity contribution in [2.75, 3.05) is 19.0 Å². The van der Waals surface area contributed by atoms with Gasteiger partial charge in [0.2, 0.25) is 5.69 Å². The zero-order valence-electron chi connectivity index (χ0n) is 30.0. The van der Waals surface area contributed by atoms with Gasteiger partial charge in [-0.3, -0.25) is 0 Å². The van der Waals surface area contributed by atoms with Crippen LogP contribution in [0.1, 0.15) is 34.2 Å². The highest BCUT2D eigenvalue weighted by Crippen LogP contribution is 2.54. The smallest absolute Gasteiger partial charge is 0.209 e. The van der Waals surface area contributed by atoms with E-state index < -0.39 is 0 Å². The largest absolute Gasteiger partial charge is 0.347 e. The normalized spacial score (nSPS) is 18.4.